The highest BCUT2D eigenvalue weighted by Crippen LogP contribution is 2.28. The lowest BCUT2D eigenvalue weighted by Gasteiger charge is -1.95. The second-order valence-corrected chi connectivity index (χ2v) is 4.16. The van der Waals surface area contributed by atoms with Gasteiger partial charge >= 0.3 is 0 Å². The van der Waals surface area contributed by atoms with Gasteiger partial charge in [0.25, 0.3) is 0 Å². The Balaban J connectivity index is 2.40. The Hall–Kier alpha value is -1.42. The van der Waals surface area contributed by atoms with Gasteiger partial charge in [0.05, 0.1) is 4.70 Å². The SMILES string of the molecule is CCCC(N)=Nc1nsc2ccccc12. The van der Waals surface area contributed by atoms with Crippen LogP contribution in [0, 0.1) is 0 Å². The molecule has 2 N–H and O–H groups in total. The van der Waals surface area contributed by atoms with Gasteiger partial charge in [0.2, 0.25) is 0 Å². The van der Waals surface area contributed by atoms with Crippen LogP contribution in [-0.4, -0.2) is 10.2 Å². The lowest BCUT2D eigenvalue weighted by Crippen LogP contribution is -2.09. The molecule has 0 bridgehead atoms. The summed E-state index contributed by atoms with van der Waals surface area (Å²) in [5.74, 6) is 1.41. The van der Waals surface area contributed by atoms with E-state index >= 15 is 0 Å². The molecule has 0 saturated heterocycles. The quantitative estimate of drug-likeness (QED) is 0.637. The van der Waals surface area contributed by atoms with Crippen molar-refractivity contribution in [2.24, 2.45) is 10.7 Å². The molecule has 15 heavy (non-hydrogen) atoms. The molecular weight excluding hydrogens is 206 g/mol. The number of aliphatic imine (C=N–C) groups is 1. The van der Waals surface area contributed by atoms with Crippen LogP contribution in [0.15, 0.2) is 29.3 Å². The number of nitrogens with zero attached hydrogens (tertiary/aromatic N) is 2. The fourth-order valence-corrected chi connectivity index (χ4v) is 2.12. The Labute approximate surface area is 92.8 Å². The Kier molecular flexibility index (Phi) is 2.97. The van der Waals surface area contributed by atoms with Crippen LogP contribution in [0.2, 0.25) is 0 Å². The molecular formula is C11H13N3S. The molecule has 1 heterocycles. The zero-order valence-corrected chi connectivity index (χ0v) is 9.42. The highest BCUT2D eigenvalue weighted by molar-refractivity contribution is 7.13. The minimum absolute atomic E-state index is 0.661. The number of rotatable bonds is 3. The van der Waals surface area contributed by atoms with E-state index in [1.807, 2.05) is 24.3 Å². The summed E-state index contributed by atoms with van der Waals surface area (Å²) in [6.45, 7) is 2.08. The second kappa shape index (κ2) is 4.40. The molecule has 78 valence electrons. The molecule has 0 aliphatic carbocycles. The van der Waals surface area contributed by atoms with Crippen molar-refractivity contribution in [3.63, 3.8) is 0 Å². The van der Waals surface area contributed by atoms with Crippen LogP contribution in [0.3, 0.4) is 0 Å². The van der Waals surface area contributed by atoms with Crippen LogP contribution in [0.25, 0.3) is 10.1 Å². The molecule has 0 spiro atoms. The standard InChI is InChI=1S/C11H13N3S/c1-2-5-10(12)13-11-8-6-3-4-7-9(8)15-14-11/h3-4,6-7H,2,5H2,1H3,(H2,12,13,14). The number of nitrogens with two attached hydrogens (primary N) is 1. The third-order valence-electron chi connectivity index (χ3n) is 2.11. The summed E-state index contributed by atoms with van der Waals surface area (Å²) >= 11 is 1.46. The Morgan fingerprint density at radius 1 is 1.47 bits per heavy atom. The Bertz CT molecular complexity index is 487. The van der Waals surface area contributed by atoms with E-state index in [1.165, 1.54) is 11.5 Å². The third-order valence-corrected chi connectivity index (χ3v) is 2.93. The normalized spacial score (nSPS) is 12.2. The lowest BCUT2D eigenvalue weighted by molar-refractivity contribution is 0.982. The molecule has 0 aliphatic rings. The first-order valence-electron chi connectivity index (χ1n) is 4.98. The maximum absolute atomic E-state index is 5.78. The molecule has 0 amide bonds. The van der Waals surface area contributed by atoms with Crippen molar-refractivity contribution in [1.29, 1.82) is 0 Å². The molecule has 0 aliphatic heterocycles. The van der Waals surface area contributed by atoms with Crippen molar-refractivity contribution >= 4 is 33.3 Å². The van der Waals surface area contributed by atoms with Gasteiger partial charge in [0.1, 0.15) is 5.84 Å². The largest absolute Gasteiger partial charge is 0.387 e. The fourth-order valence-electron chi connectivity index (χ4n) is 1.40. The van der Waals surface area contributed by atoms with E-state index < -0.39 is 0 Å². The zero-order chi connectivity index (χ0) is 10.7. The van der Waals surface area contributed by atoms with Gasteiger partial charge in [0.15, 0.2) is 5.82 Å². The first-order chi connectivity index (χ1) is 7.31. The maximum atomic E-state index is 5.78. The average molecular weight is 219 g/mol. The van der Waals surface area contributed by atoms with Crippen LogP contribution < -0.4 is 5.73 Å². The van der Waals surface area contributed by atoms with E-state index in [-0.39, 0.29) is 0 Å². The molecule has 0 atom stereocenters. The molecule has 2 rings (SSSR count). The zero-order valence-electron chi connectivity index (χ0n) is 8.60. The summed E-state index contributed by atoms with van der Waals surface area (Å²) < 4.78 is 5.44. The summed E-state index contributed by atoms with van der Waals surface area (Å²) in [4.78, 5) is 4.33. The van der Waals surface area contributed by atoms with Crippen molar-refractivity contribution in [3.8, 4) is 0 Å². The molecule has 0 fully saturated rings. The van der Waals surface area contributed by atoms with Gasteiger partial charge in [-0.1, -0.05) is 19.1 Å². The van der Waals surface area contributed by atoms with Gasteiger partial charge in [-0.3, -0.25) is 0 Å². The van der Waals surface area contributed by atoms with E-state index in [0.29, 0.717) is 5.84 Å². The Morgan fingerprint density at radius 3 is 3.07 bits per heavy atom. The third kappa shape index (κ3) is 2.15. The van der Waals surface area contributed by atoms with Gasteiger partial charge in [-0.15, -0.1) is 0 Å². The highest BCUT2D eigenvalue weighted by Gasteiger charge is 2.03. The minimum atomic E-state index is 0.661. The molecule has 4 heteroatoms. The summed E-state index contributed by atoms with van der Waals surface area (Å²) in [6.07, 6.45) is 1.84. The van der Waals surface area contributed by atoms with Crippen LogP contribution >= 0.6 is 11.5 Å². The average Bonchev–Trinajstić information content (AvgIpc) is 2.62. The summed E-state index contributed by atoms with van der Waals surface area (Å²) in [6, 6.07) is 8.06. The predicted octanol–water partition coefficient (Wildman–Crippen LogP) is 3.09. The monoisotopic (exact) mass is 219 g/mol. The lowest BCUT2D eigenvalue weighted by atomic mass is 10.2. The summed E-state index contributed by atoms with van der Waals surface area (Å²) in [5.41, 5.74) is 5.78. The molecule has 0 saturated carbocycles. The van der Waals surface area contributed by atoms with Crippen LogP contribution in [0.5, 0.6) is 0 Å². The predicted molar refractivity (Wildman–Crippen MR) is 65.8 cm³/mol. The second-order valence-electron chi connectivity index (χ2n) is 3.36. The molecule has 0 radical (unpaired) electrons. The molecule has 1 aromatic carbocycles. The van der Waals surface area contributed by atoms with Gasteiger partial charge in [0, 0.05) is 11.8 Å². The van der Waals surface area contributed by atoms with Crippen molar-refractivity contribution in [3.05, 3.63) is 24.3 Å². The first kappa shape index (κ1) is 10.1. The Morgan fingerprint density at radius 2 is 2.27 bits per heavy atom. The number of fused-ring (bicyclic) bond motifs is 1. The van der Waals surface area contributed by atoms with Gasteiger partial charge in [-0.25, -0.2) is 4.99 Å². The van der Waals surface area contributed by atoms with Crippen LogP contribution in [0.4, 0.5) is 5.82 Å². The van der Waals surface area contributed by atoms with Crippen molar-refractivity contribution in [2.75, 3.05) is 0 Å². The summed E-state index contributed by atoms with van der Waals surface area (Å²) in [7, 11) is 0. The number of amidine groups is 1. The maximum Gasteiger partial charge on any atom is 0.175 e. The van der Waals surface area contributed by atoms with E-state index in [2.05, 4.69) is 16.3 Å². The molecule has 3 nitrogen and oxygen atoms in total. The topological polar surface area (TPSA) is 51.3 Å². The van der Waals surface area contributed by atoms with Gasteiger partial charge in [-0.05, 0) is 30.1 Å². The van der Waals surface area contributed by atoms with E-state index in [1.54, 1.807) is 0 Å². The minimum Gasteiger partial charge on any atom is -0.387 e. The molecule has 1 aromatic heterocycles. The van der Waals surface area contributed by atoms with E-state index in [4.69, 9.17) is 5.73 Å². The highest BCUT2D eigenvalue weighted by atomic mass is 32.1. The van der Waals surface area contributed by atoms with Gasteiger partial charge in [-0.2, -0.15) is 4.37 Å². The smallest absolute Gasteiger partial charge is 0.175 e. The summed E-state index contributed by atoms with van der Waals surface area (Å²) in [5, 5.41) is 1.08. The van der Waals surface area contributed by atoms with E-state index in [0.717, 1.165) is 28.7 Å². The molecule has 0 unspecified atom stereocenters. The van der Waals surface area contributed by atoms with Crippen molar-refractivity contribution < 1.29 is 0 Å². The van der Waals surface area contributed by atoms with Gasteiger partial charge < -0.3 is 5.73 Å². The van der Waals surface area contributed by atoms with Crippen molar-refractivity contribution in [2.45, 2.75) is 19.8 Å². The number of aromatic nitrogens is 1. The van der Waals surface area contributed by atoms with Crippen LogP contribution in [0.1, 0.15) is 19.8 Å². The number of hydrogen-bond acceptors (Lipinski definition) is 3. The number of benzene rings is 1. The van der Waals surface area contributed by atoms with Crippen molar-refractivity contribution in [1.82, 2.24) is 4.37 Å². The fraction of sp³-hybridized carbons (Fsp3) is 0.273. The number of hydrogen-bond donors (Lipinski definition) is 1. The molecule has 2 aromatic rings. The first-order valence-corrected chi connectivity index (χ1v) is 5.76. The van der Waals surface area contributed by atoms with Crippen LogP contribution in [-0.2, 0) is 0 Å². The van der Waals surface area contributed by atoms with E-state index in [9.17, 15) is 0 Å².